The number of hydrogen-bond donors (Lipinski definition) is 0. The number of hydrogen-bond acceptors (Lipinski definition) is 0. The zero-order valence-corrected chi connectivity index (χ0v) is 11.1. The van der Waals surface area contributed by atoms with Crippen LogP contribution in [0.25, 0.3) is 0 Å². The third-order valence-corrected chi connectivity index (χ3v) is 4.09. The van der Waals surface area contributed by atoms with E-state index in [9.17, 15) is 8.78 Å². The molecule has 0 radical (unpaired) electrons. The van der Waals surface area contributed by atoms with Crippen LogP contribution in [0.2, 0.25) is 0 Å². The van der Waals surface area contributed by atoms with Crippen LogP contribution in [0.4, 0.5) is 8.78 Å². The van der Waals surface area contributed by atoms with Gasteiger partial charge in [0.25, 0.3) is 0 Å². The molecule has 0 amide bonds. The Kier molecular flexibility index (Phi) is 3.45. The Morgan fingerprint density at radius 1 is 1.27 bits per heavy atom. The van der Waals surface area contributed by atoms with Crippen LogP contribution < -0.4 is 0 Å². The summed E-state index contributed by atoms with van der Waals surface area (Å²) in [7, 11) is 0. The first-order valence-electron chi connectivity index (χ1n) is 4.86. The van der Waals surface area contributed by atoms with Crippen molar-refractivity contribution in [3.8, 4) is 0 Å². The van der Waals surface area contributed by atoms with Gasteiger partial charge in [-0.3, -0.25) is 0 Å². The Bertz CT molecular complexity index is 375. The Labute approximate surface area is 104 Å². The van der Waals surface area contributed by atoms with Gasteiger partial charge >= 0.3 is 0 Å². The lowest BCUT2D eigenvalue weighted by molar-refractivity contribution is 0.571. The molecule has 1 atom stereocenters. The highest BCUT2D eigenvalue weighted by molar-refractivity contribution is 9.10. The predicted octanol–water partition coefficient (Wildman–Crippen LogP) is 4.96. The summed E-state index contributed by atoms with van der Waals surface area (Å²) in [6.45, 7) is 0. The highest BCUT2D eigenvalue weighted by atomic mass is 79.9. The summed E-state index contributed by atoms with van der Waals surface area (Å²) >= 11 is 6.38. The van der Waals surface area contributed by atoms with Crippen molar-refractivity contribution in [2.45, 2.75) is 24.1 Å². The molecule has 1 saturated carbocycles. The Morgan fingerprint density at radius 3 is 2.53 bits per heavy atom. The minimum absolute atomic E-state index is 0.0763. The van der Waals surface area contributed by atoms with Gasteiger partial charge in [-0.1, -0.05) is 28.8 Å². The maximum atomic E-state index is 13.5. The molecule has 1 unspecified atom stereocenters. The summed E-state index contributed by atoms with van der Waals surface area (Å²) in [6.07, 6.45) is 3.31. The SMILES string of the molecule is Fc1cc(C(Br)CC2CC2)c(F)cc1Br. The summed E-state index contributed by atoms with van der Waals surface area (Å²) in [6, 6.07) is 2.45. The first kappa shape index (κ1) is 11.5. The summed E-state index contributed by atoms with van der Waals surface area (Å²) < 4.78 is 26.9. The van der Waals surface area contributed by atoms with E-state index in [0.717, 1.165) is 6.42 Å². The second kappa shape index (κ2) is 4.50. The van der Waals surface area contributed by atoms with Crippen LogP contribution in [0.1, 0.15) is 29.7 Å². The normalized spacial score (nSPS) is 17.9. The second-order valence-corrected chi connectivity index (χ2v) is 5.89. The molecule has 2 rings (SSSR count). The fraction of sp³-hybridized carbons (Fsp3) is 0.455. The number of halogens is 4. The predicted molar refractivity (Wildman–Crippen MR) is 63.1 cm³/mol. The van der Waals surface area contributed by atoms with E-state index < -0.39 is 5.82 Å². The molecular formula is C11H10Br2F2. The molecule has 0 aromatic heterocycles. The molecule has 1 aromatic rings. The first-order chi connectivity index (χ1) is 7.08. The lowest BCUT2D eigenvalue weighted by atomic mass is 10.1. The molecule has 1 aromatic carbocycles. The molecular weight excluding hydrogens is 330 g/mol. The number of benzene rings is 1. The van der Waals surface area contributed by atoms with Crippen LogP contribution in [0.5, 0.6) is 0 Å². The quantitative estimate of drug-likeness (QED) is 0.539. The van der Waals surface area contributed by atoms with Gasteiger partial charge in [0, 0.05) is 10.4 Å². The minimum Gasteiger partial charge on any atom is -0.207 e. The fourth-order valence-electron chi connectivity index (χ4n) is 1.55. The van der Waals surface area contributed by atoms with Crippen LogP contribution in [0.15, 0.2) is 16.6 Å². The van der Waals surface area contributed by atoms with Gasteiger partial charge in [0.05, 0.1) is 4.47 Å². The monoisotopic (exact) mass is 338 g/mol. The van der Waals surface area contributed by atoms with Gasteiger partial charge in [0.15, 0.2) is 0 Å². The van der Waals surface area contributed by atoms with Crippen LogP contribution in [-0.2, 0) is 0 Å². The summed E-state index contributed by atoms with van der Waals surface area (Å²) in [5.74, 6) is -0.0853. The van der Waals surface area contributed by atoms with Gasteiger partial charge in [0.1, 0.15) is 11.6 Å². The fourth-order valence-corrected chi connectivity index (χ4v) is 2.75. The molecule has 1 aliphatic rings. The van der Waals surface area contributed by atoms with Crippen LogP contribution in [-0.4, -0.2) is 0 Å². The Hall–Kier alpha value is 0.0400. The maximum Gasteiger partial charge on any atom is 0.137 e. The largest absolute Gasteiger partial charge is 0.207 e. The molecule has 82 valence electrons. The Balaban J connectivity index is 2.21. The molecule has 0 bridgehead atoms. The zero-order chi connectivity index (χ0) is 11.0. The zero-order valence-electron chi connectivity index (χ0n) is 7.94. The lowest BCUT2D eigenvalue weighted by Crippen LogP contribution is -1.97. The third kappa shape index (κ3) is 2.78. The first-order valence-corrected chi connectivity index (χ1v) is 6.57. The van der Waals surface area contributed by atoms with Crippen molar-refractivity contribution in [3.63, 3.8) is 0 Å². The van der Waals surface area contributed by atoms with Crippen molar-refractivity contribution < 1.29 is 8.78 Å². The highest BCUT2D eigenvalue weighted by Crippen LogP contribution is 2.42. The summed E-state index contributed by atoms with van der Waals surface area (Å²) in [5.41, 5.74) is 0.419. The van der Waals surface area contributed by atoms with Gasteiger partial charge in [0.2, 0.25) is 0 Å². The smallest absolute Gasteiger partial charge is 0.137 e. The second-order valence-electron chi connectivity index (χ2n) is 3.93. The van der Waals surface area contributed by atoms with Crippen molar-refractivity contribution in [3.05, 3.63) is 33.8 Å². The van der Waals surface area contributed by atoms with E-state index >= 15 is 0 Å². The molecule has 0 heterocycles. The molecule has 0 aliphatic heterocycles. The maximum absolute atomic E-state index is 13.5. The van der Waals surface area contributed by atoms with E-state index in [0.29, 0.717) is 11.5 Å². The molecule has 4 heteroatoms. The van der Waals surface area contributed by atoms with Gasteiger partial charge in [-0.15, -0.1) is 0 Å². The molecule has 0 spiro atoms. The standard InChI is InChI=1S/C11H10Br2F2/c12-8(3-6-1-2-6)7-4-11(15)9(13)5-10(7)14/h4-6,8H,1-3H2. The van der Waals surface area contributed by atoms with Gasteiger partial charge < -0.3 is 0 Å². The van der Waals surface area contributed by atoms with Gasteiger partial charge in [-0.25, -0.2) is 8.78 Å². The molecule has 1 aliphatic carbocycles. The van der Waals surface area contributed by atoms with E-state index in [4.69, 9.17) is 0 Å². The van der Waals surface area contributed by atoms with E-state index in [2.05, 4.69) is 31.9 Å². The molecule has 1 fully saturated rings. The van der Waals surface area contributed by atoms with Gasteiger partial charge in [-0.2, -0.15) is 0 Å². The molecule has 0 nitrogen and oxygen atoms in total. The van der Waals surface area contributed by atoms with Crippen LogP contribution in [0, 0.1) is 17.6 Å². The summed E-state index contributed by atoms with van der Waals surface area (Å²) in [4.78, 5) is -0.0763. The van der Waals surface area contributed by atoms with Crippen molar-refractivity contribution in [2.75, 3.05) is 0 Å². The molecule has 0 saturated heterocycles. The molecule has 15 heavy (non-hydrogen) atoms. The van der Waals surface area contributed by atoms with Crippen LogP contribution in [0.3, 0.4) is 0 Å². The number of alkyl halides is 1. The minimum atomic E-state index is -0.411. The third-order valence-electron chi connectivity index (χ3n) is 2.61. The number of rotatable bonds is 3. The van der Waals surface area contributed by atoms with Crippen molar-refractivity contribution in [1.82, 2.24) is 0 Å². The average molecular weight is 340 g/mol. The van der Waals surface area contributed by atoms with E-state index in [1.54, 1.807) is 0 Å². The van der Waals surface area contributed by atoms with Crippen molar-refractivity contribution in [1.29, 1.82) is 0 Å². The highest BCUT2D eigenvalue weighted by Gasteiger charge is 2.26. The van der Waals surface area contributed by atoms with E-state index in [-0.39, 0.29) is 15.1 Å². The van der Waals surface area contributed by atoms with E-state index in [1.807, 2.05) is 0 Å². The summed E-state index contributed by atoms with van der Waals surface area (Å²) in [5, 5.41) is 0. The van der Waals surface area contributed by atoms with Crippen LogP contribution >= 0.6 is 31.9 Å². The van der Waals surface area contributed by atoms with Gasteiger partial charge in [-0.05, 0) is 40.4 Å². The topological polar surface area (TPSA) is 0 Å². The van der Waals surface area contributed by atoms with Crippen molar-refractivity contribution in [2.24, 2.45) is 5.92 Å². The molecule has 0 N–H and O–H groups in total. The Morgan fingerprint density at radius 2 is 1.93 bits per heavy atom. The van der Waals surface area contributed by atoms with Crippen molar-refractivity contribution >= 4 is 31.9 Å². The average Bonchev–Trinajstić information content (AvgIpc) is 2.95. The lowest BCUT2D eigenvalue weighted by Gasteiger charge is -2.11. The van der Waals surface area contributed by atoms with E-state index in [1.165, 1.54) is 25.0 Å².